The number of carbonyl (C=O) groups excluding carboxylic acids is 4. The first-order valence-corrected chi connectivity index (χ1v) is 26.7. The number of ketones is 1. The van der Waals surface area contributed by atoms with Crippen LogP contribution in [0.25, 0.3) is 0 Å². The molecule has 2 fully saturated rings. The number of rotatable bonds is 41. The maximum absolute atomic E-state index is 12.8. The molecule has 3 atom stereocenters. The Balaban J connectivity index is 0.702. The van der Waals surface area contributed by atoms with Gasteiger partial charge in [0.1, 0.15) is 5.78 Å². The molecule has 1 aromatic heterocycles. The van der Waals surface area contributed by atoms with Gasteiger partial charge in [-0.25, -0.2) is 0 Å². The lowest BCUT2D eigenvalue weighted by atomic mass is 9.94. The monoisotopic (exact) mass is 1070 g/mol. The van der Waals surface area contributed by atoms with Crippen LogP contribution >= 0.6 is 11.6 Å². The number of likely N-dealkylation sites (tertiary alicyclic amines) is 1. The van der Waals surface area contributed by atoms with E-state index in [1.54, 1.807) is 42.5 Å². The van der Waals surface area contributed by atoms with E-state index in [9.17, 15) is 19.2 Å². The largest absolute Gasteiger partial charge is 0.377 e. The van der Waals surface area contributed by atoms with E-state index < -0.39 is 5.92 Å². The summed E-state index contributed by atoms with van der Waals surface area (Å²) in [5.74, 6) is -0.664. The molecule has 3 heterocycles. The Labute approximate surface area is 447 Å². The Hall–Kier alpha value is -4.48. The minimum atomic E-state index is -0.471. The molecule has 2 saturated heterocycles. The minimum absolute atomic E-state index is 0.0480. The van der Waals surface area contributed by atoms with E-state index in [4.69, 9.17) is 59.0 Å². The van der Waals surface area contributed by atoms with Crippen molar-refractivity contribution in [3.05, 3.63) is 99.8 Å². The summed E-state index contributed by atoms with van der Waals surface area (Å²) in [5.41, 5.74) is 4.73. The van der Waals surface area contributed by atoms with Gasteiger partial charge < -0.3 is 62.9 Å². The van der Waals surface area contributed by atoms with Gasteiger partial charge in [0.2, 0.25) is 11.8 Å². The summed E-state index contributed by atoms with van der Waals surface area (Å²) >= 11 is 6.19. The Bertz CT molecular complexity index is 2070. The second-order valence-corrected chi connectivity index (χ2v) is 18.6. The zero-order valence-electron chi connectivity index (χ0n) is 44.0. The average Bonchev–Trinajstić information content (AvgIpc) is 3.73. The molecule has 5 rings (SSSR count). The van der Waals surface area contributed by atoms with Crippen LogP contribution < -0.4 is 10.6 Å². The number of benzene rings is 2. The Morgan fingerprint density at radius 1 is 0.693 bits per heavy atom. The molecule has 19 nitrogen and oxygen atoms in total. The number of nitrogens with zero attached hydrogens (tertiary/aromatic N) is 3. The highest BCUT2D eigenvalue weighted by molar-refractivity contribution is 6.31. The van der Waals surface area contributed by atoms with Crippen molar-refractivity contribution in [2.45, 2.75) is 57.7 Å². The third-order valence-corrected chi connectivity index (χ3v) is 12.9. The third-order valence-electron chi connectivity index (χ3n) is 12.5. The van der Waals surface area contributed by atoms with Gasteiger partial charge >= 0.3 is 0 Å². The second-order valence-electron chi connectivity index (χ2n) is 18.2. The third kappa shape index (κ3) is 25.0. The number of ether oxygens (including phenoxy) is 10. The summed E-state index contributed by atoms with van der Waals surface area (Å²) in [4.78, 5) is 58.6. The van der Waals surface area contributed by atoms with Crippen molar-refractivity contribution >= 4 is 35.1 Å². The van der Waals surface area contributed by atoms with E-state index >= 15 is 0 Å². The lowest BCUT2D eigenvalue weighted by molar-refractivity contribution is -0.128. The first-order valence-electron chi connectivity index (χ1n) is 26.3. The fraction of sp³-hybridized carbons (Fsp3) is 0.618. The van der Waals surface area contributed by atoms with Crippen LogP contribution in [-0.2, 0) is 74.7 Å². The molecule has 0 unspecified atom stereocenters. The number of nitrogens with one attached hydrogen (secondary N) is 2. The number of morpholine rings is 1. The van der Waals surface area contributed by atoms with Crippen LogP contribution in [0.15, 0.2) is 67.0 Å². The quantitative estimate of drug-likeness (QED) is 0.0755. The van der Waals surface area contributed by atoms with Crippen molar-refractivity contribution in [2.24, 2.45) is 5.92 Å². The highest BCUT2D eigenvalue weighted by Gasteiger charge is 2.42. The zero-order chi connectivity index (χ0) is 53.1. The summed E-state index contributed by atoms with van der Waals surface area (Å²) in [5, 5.41) is 6.53. The fourth-order valence-electron chi connectivity index (χ4n) is 8.40. The summed E-state index contributed by atoms with van der Waals surface area (Å²) in [7, 11) is 1.72. The molecule has 0 radical (unpaired) electrons. The van der Waals surface area contributed by atoms with Gasteiger partial charge in [-0.2, -0.15) is 0 Å². The molecule has 3 aromatic rings. The van der Waals surface area contributed by atoms with E-state index in [0.717, 1.165) is 41.3 Å². The highest BCUT2D eigenvalue weighted by atomic mass is 35.5. The molecule has 2 aliphatic rings. The average molecular weight is 1070 g/mol. The normalized spacial score (nSPS) is 16.9. The summed E-state index contributed by atoms with van der Waals surface area (Å²) in [6.45, 7) is 13.6. The fourth-order valence-corrected chi connectivity index (χ4v) is 8.52. The highest BCUT2D eigenvalue weighted by Crippen LogP contribution is 2.36. The van der Waals surface area contributed by atoms with Gasteiger partial charge in [-0.05, 0) is 66.3 Å². The van der Waals surface area contributed by atoms with E-state index in [-0.39, 0.29) is 42.1 Å². The molecule has 0 aliphatic carbocycles. The molecule has 75 heavy (non-hydrogen) atoms. The van der Waals surface area contributed by atoms with Crippen LogP contribution in [0.1, 0.15) is 64.3 Å². The molecular formula is C55H80ClN5O14. The van der Waals surface area contributed by atoms with Crippen LogP contribution in [0.5, 0.6) is 0 Å². The predicted octanol–water partition coefficient (Wildman–Crippen LogP) is 4.44. The smallest absolute Gasteiger partial charge is 0.251 e. The number of aryl methyl sites for hydroxylation is 2. The number of halogens is 1. The van der Waals surface area contributed by atoms with Crippen LogP contribution in [0, 0.1) is 12.8 Å². The number of hydrogen-bond donors (Lipinski definition) is 2. The number of hydrogen-bond acceptors (Lipinski definition) is 16. The molecule has 2 N–H and O–H groups in total. The molecule has 20 heteroatoms. The van der Waals surface area contributed by atoms with Crippen LogP contribution in [0.2, 0.25) is 5.02 Å². The zero-order valence-corrected chi connectivity index (χ0v) is 44.8. The van der Waals surface area contributed by atoms with Gasteiger partial charge in [0.05, 0.1) is 144 Å². The van der Waals surface area contributed by atoms with Crippen molar-refractivity contribution in [3.63, 3.8) is 0 Å². The first kappa shape index (κ1) is 61.4. The Morgan fingerprint density at radius 2 is 1.23 bits per heavy atom. The maximum atomic E-state index is 12.8. The van der Waals surface area contributed by atoms with Gasteiger partial charge in [0.25, 0.3) is 5.91 Å². The van der Waals surface area contributed by atoms with E-state index in [2.05, 4.69) is 32.7 Å². The van der Waals surface area contributed by atoms with Crippen LogP contribution in [-0.4, -0.2) is 203 Å². The van der Waals surface area contributed by atoms with Crippen molar-refractivity contribution in [3.8, 4) is 0 Å². The number of Topliss-reactive ketones (excluding diaryl/α,β-unsaturated/α-hetero) is 1. The second kappa shape index (κ2) is 37.3. The van der Waals surface area contributed by atoms with Gasteiger partial charge in [-0.15, -0.1) is 0 Å². The Morgan fingerprint density at radius 3 is 1.76 bits per heavy atom. The number of pyridine rings is 1. The maximum Gasteiger partial charge on any atom is 0.251 e. The van der Waals surface area contributed by atoms with Crippen molar-refractivity contribution in [2.75, 3.05) is 159 Å². The predicted molar refractivity (Wildman–Crippen MR) is 281 cm³/mol. The van der Waals surface area contributed by atoms with Crippen LogP contribution in [0.3, 0.4) is 0 Å². The summed E-state index contributed by atoms with van der Waals surface area (Å²) < 4.78 is 55.8. The lowest BCUT2D eigenvalue weighted by Gasteiger charge is -2.33. The molecule has 0 saturated carbocycles. The summed E-state index contributed by atoms with van der Waals surface area (Å²) in [6, 6.07) is 16.9. The van der Waals surface area contributed by atoms with Gasteiger partial charge in [0.15, 0.2) is 0 Å². The van der Waals surface area contributed by atoms with Crippen LogP contribution in [0.4, 0.5) is 0 Å². The molecular weight excluding hydrogens is 990 g/mol. The minimum Gasteiger partial charge on any atom is -0.377 e. The number of aromatic nitrogens is 1. The standard InChI is InChI=1S/C55H80ClN5O14/c1-43-38-45(8-14-51(43)56)41-61-18-21-75-49(42-61)13-12-48(62)11-7-44-5-9-46(10-6-44)54(64)58-16-19-66-22-24-68-26-28-70-30-32-72-34-36-74-37-35-73-33-31-71-29-27-69-25-23-67-20-17-59-55(65)50-39-52(63)60(2)53(50)47-4-3-15-57-40-47/h3-6,8-10,14-15,38,40,49-50,53H,7,11-13,16-37,39,41-42H2,1-2H3,(H,58,64)(H,59,65)/t49-,50-,53+/m0/s1. The lowest BCUT2D eigenvalue weighted by Crippen LogP contribution is -2.42. The van der Waals surface area contributed by atoms with E-state index in [1.807, 2.05) is 31.2 Å². The number of amides is 3. The molecule has 2 aromatic carbocycles. The van der Waals surface area contributed by atoms with Crippen molar-refractivity contribution in [1.29, 1.82) is 0 Å². The molecule has 3 amide bonds. The van der Waals surface area contributed by atoms with Crippen molar-refractivity contribution < 1.29 is 66.5 Å². The molecule has 0 bridgehead atoms. The van der Waals surface area contributed by atoms with Gasteiger partial charge in [-0.1, -0.05) is 41.9 Å². The summed E-state index contributed by atoms with van der Waals surface area (Å²) in [6.07, 6.45) is 5.87. The Kier molecular flexibility index (Phi) is 30.5. The molecule has 0 spiro atoms. The SMILES string of the molecule is Cc1cc(CN2CCO[C@@H](CCC(=O)CCc3ccc(C(=O)NCCOCCOCCOCCOCCOCCOCCOCCOCCOCCNC(=O)[C@H]4CC(=O)N(C)[C@@H]4c4cccnc4)cc3)C2)ccc1Cl. The van der Waals surface area contributed by atoms with E-state index in [0.29, 0.717) is 170 Å². The number of carbonyl (C=O) groups is 4. The van der Waals surface area contributed by atoms with Gasteiger partial charge in [-0.3, -0.25) is 29.1 Å². The van der Waals surface area contributed by atoms with Gasteiger partial charge in [0, 0.05) is 82.0 Å². The van der Waals surface area contributed by atoms with E-state index in [1.165, 1.54) is 5.56 Å². The topological polar surface area (TPSA) is 204 Å². The first-order chi connectivity index (χ1) is 36.7. The molecule has 2 aliphatic heterocycles. The van der Waals surface area contributed by atoms with Crippen molar-refractivity contribution in [1.82, 2.24) is 25.4 Å². The molecule has 416 valence electrons.